The van der Waals surface area contributed by atoms with Gasteiger partial charge in [0.05, 0.1) is 18.5 Å². The van der Waals surface area contributed by atoms with E-state index in [0.717, 1.165) is 35.6 Å². The minimum atomic E-state index is -1.60. The molecule has 0 bridgehead atoms. The average Bonchev–Trinajstić information content (AvgIpc) is 3.28. The van der Waals surface area contributed by atoms with Gasteiger partial charge in [-0.2, -0.15) is 0 Å². The van der Waals surface area contributed by atoms with Crippen molar-refractivity contribution in [3.8, 4) is 11.3 Å². The molecule has 186 valence electrons. The summed E-state index contributed by atoms with van der Waals surface area (Å²) in [4.78, 5) is 23.1. The molecule has 4 N–H and O–H groups in total. The van der Waals surface area contributed by atoms with E-state index in [4.69, 9.17) is 9.52 Å². The summed E-state index contributed by atoms with van der Waals surface area (Å²) in [6.07, 6.45) is 10.7. The Morgan fingerprint density at radius 2 is 1.89 bits per heavy atom. The Bertz CT molecular complexity index is 1080. The molecule has 1 aromatic carbocycles. The van der Waals surface area contributed by atoms with E-state index in [1.165, 1.54) is 24.8 Å². The van der Waals surface area contributed by atoms with Crippen LogP contribution in [0.15, 0.2) is 64.7 Å². The number of carbonyl (C=O) groups is 2. The minimum Gasteiger partial charge on any atom is -0.479 e. The van der Waals surface area contributed by atoms with E-state index in [1.54, 1.807) is 0 Å². The number of carbonyl (C=O) groups excluding carboxylic acids is 1. The molecule has 1 amide bonds. The molecule has 0 radical (unpaired) electrons. The van der Waals surface area contributed by atoms with Crippen molar-refractivity contribution < 1.29 is 24.2 Å². The number of nitrogens with one attached hydrogen (secondary N) is 2. The molecule has 1 fully saturated rings. The number of hydrogen-bond acceptors (Lipinski definition) is 5. The van der Waals surface area contributed by atoms with Crippen molar-refractivity contribution in [1.82, 2.24) is 10.6 Å². The highest BCUT2D eigenvalue weighted by Gasteiger charge is 2.29. The fraction of sp³-hybridized carbons (Fsp3) is 0.429. The molecule has 2 aliphatic rings. The molecule has 0 aliphatic heterocycles. The van der Waals surface area contributed by atoms with E-state index < -0.39 is 18.0 Å². The molecule has 1 saturated carbocycles. The van der Waals surface area contributed by atoms with Gasteiger partial charge in [0.2, 0.25) is 5.91 Å². The van der Waals surface area contributed by atoms with Gasteiger partial charge >= 0.3 is 5.97 Å². The molecule has 2 aromatic rings. The number of benzene rings is 1. The van der Waals surface area contributed by atoms with Gasteiger partial charge in [0.15, 0.2) is 6.10 Å². The number of aliphatic hydroxyl groups is 1. The molecule has 35 heavy (non-hydrogen) atoms. The summed E-state index contributed by atoms with van der Waals surface area (Å²) in [5.41, 5.74) is 3.20. The van der Waals surface area contributed by atoms with E-state index >= 15 is 0 Å². The number of amides is 1. The van der Waals surface area contributed by atoms with Gasteiger partial charge in [0, 0.05) is 16.8 Å². The van der Waals surface area contributed by atoms with Crippen molar-refractivity contribution in [1.29, 1.82) is 0 Å². The van der Waals surface area contributed by atoms with Gasteiger partial charge in [0.25, 0.3) is 0 Å². The second-order valence-corrected chi connectivity index (χ2v) is 9.47. The number of carboxylic acids is 1. The summed E-state index contributed by atoms with van der Waals surface area (Å²) in [7, 11) is 0. The molecule has 3 unspecified atom stereocenters. The highest BCUT2D eigenvalue weighted by atomic mass is 16.4. The number of furan rings is 1. The van der Waals surface area contributed by atoms with Crippen LogP contribution in [0.2, 0.25) is 0 Å². The lowest BCUT2D eigenvalue weighted by Crippen LogP contribution is -2.39. The third kappa shape index (κ3) is 6.22. The SMILES string of the molecule is Cc1oc(-c2ccccc2)cc1C(NC1=CCC(C(=O)NCC(O)C(=O)O)C=C1)C1CCCCC1. The van der Waals surface area contributed by atoms with E-state index in [-0.39, 0.29) is 18.5 Å². The van der Waals surface area contributed by atoms with E-state index in [2.05, 4.69) is 28.8 Å². The number of aliphatic carboxylic acids is 1. The summed E-state index contributed by atoms with van der Waals surface area (Å²) < 4.78 is 6.18. The second-order valence-electron chi connectivity index (χ2n) is 9.47. The molecule has 0 spiro atoms. The third-order valence-electron chi connectivity index (χ3n) is 6.98. The Morgan fingerprint density at radius 3 is 2.54 bits per heavy atom. The van der Waals surface area contributed by atoms with Crippen LogP contribution in [0.25, 0.3) is 11.3 Å². The van der Waals surface area contributed by atoms with Crippen molar-refractivity contribution in [3.63, 3.8) is 0 Å². The third-order valence-corrected chi connectivity index (χ3v) is 6.98. The Hall–Kier alpha value is -3.32. The number of allylic oxidation sites excluding steroid dienone is 2. The quantitative estimate of drug-likeness (QED) is 0.423. The van der Waals surface area contributed by atoms with Crippen molar-refractivity contribution in [3.05, 3.63) is 71.6 Å². The first-order valence-corrected chi connectivity index (χ1v) is 12.4. The number of aryl methyl sites for hydroxylation is 1. The topological polar surface area (TPSA) is 112 Å². The lowest BCUT2D eigenvalue weighted by Gasteiger charge is -2.32. The van der Waals surface area contributed by atoms with Crippen LogP contribution in [0.5, 0.6) is 0 Å². The van der Waals surface area contributed by atoms with Crippen LogP contribution in [0.1, 0.15) is 55.9 Å². The smallest absolute Gasteiger partial charge is 0.334 e. The highest BCUT2D eigenvalue weighted by Crippen LogP contribution is 2.39. The first-order chi connectivity index (χ1) is 16.9. The molecule has 0 saturated heterocycles. The van der Waals surface area contributed by atoms with Crippen molar-refractivity contribution >= 4 is 11.9 Å². The van der Waals surface area contributed by atoms with Crippen LogP contribution >= 0.6 is 0 Å². The minimum absolute atomic E-state index is 0.114. The van der Waals surface area contributed by atoms with Gasteiger partial charge < -0.3 is 25.3 Å². The summed E-state index contributed by atoms with van der Waals surface area (Å²) in [5.74, 6) is 0.246. The second kappa shape index (κ2) is 11.4. The maximum Gasteiger partial charge on any atom is 0.334 e. The monoisotopic (exact) mass is 478 g/mol. The van der Waals surface area contributed by atoms with Gasteiger partial charge in [-0.05, 0) is 44.2 Å². The first kappa shape index (κ1) is 24.8. The molecule has 2 aliphatic carbocycles. The van der Waals surface area contributed by atoms with Gasteiger partial charge in [0.1, 0.15) is 11.5 Å². The molecule has 4 rings (SSSR count). The molecule has 7 nitrogen and oxygen atoms in total. The van der Waals surface area contributed by atoms with Crippen LogP contribution in [0.3, 0.4) is 0 Å². The Kier molecular flexibility index (Phi) is 8.08. The van der Waals surface area contributed by atoms with Crippen LogP contribution in [-0.2, 0) is 9.59 Å². The Balaban J connectivity index is 1.47. The zero-order valence-electron chi connectivity index (χ0n) is 20.1. The van der Waals surface area contributed by atoms with Gasteiger partial charge in [-0.25, -0.2) is 4.79 Å². The number of hydrogen-bond donors (Lipinski definition) is 4. The zero-order valence-corrected chi connectivity index (χ0v) is 20.1. The number of carboxylic acid groups (broad SMARTS) is 1. The fourth-order valence-corrected chi connectivity index (χ4v) is 4.98. The Morgan fingerprint density at radius 1 is 1.14 bits per heavy atom. The van der Waals surface area contributed by atoms with Crippen LogP contribution in [0, 0.1) is 18.8 Å². The van der Waals surface area contributed by atoms with Crippen molar-refractivity contribution in [2.24, 2.45) is 11.8 Å². The molecular weight excluding hydrogens is 444 g/mol. The first-order valence-electron chi connectivity index (χ1n) is 12.4. The molecule has 1 heterocycles. The maximum absolute atomic E-state index is 12.4. The van der Waals surface area contributed by atoms with Crippen LogP contribution < -0.4 is 10.6 Å². The zero-order chi connectivity index (χ0) is 24.8. The highest BCUT2D eigenvalue weighted by molar-refractivity contribution is 5.82. The predicted octanol–water partition coefficient (Wildman–Crippen LogP) is 4.49. The lowest BCUT2D eigenvalue weighted by molar-refractivity contribution is -0.146. The fourth-order valence-electron chi connectivity index (χ4n) is 4.98. The molecule has 1 aromatic heterocycles. The molecular formula is C28H34N2O5. The standard InChI is InChI=1S/C28H34N2O5/c1-18-23(16-25(35-18)19-8-4-2-5-9-19)26(20-10-6-3-7-11-20)30-22-14-12-21(13-15-22)27(32)29-17-24(31)28(33)34/h2,4-5,8-9,12,14-16,20-21,24,26,30-31H,3,6-7,10-11,13,17H2,1H3,(H,29,32)(H,33,34). The van der Waals surface area contributed by atoms with E-state index in [1.807, 2.05) is 43.4 Å². The molecule has 3 atom stereocenters. The largest absolute Gasteiger partial charge is 0.479 e. The van der Waals surface area contributed by atoms with Crippen LogP contribution in [0.4, 0.5) is 0 Å². The summed E-state index contributed by atoms with van der Waals surface area (Å²) in [6.45, 7) is 1.72. The maximum atomic E-state index is 12.4. The summed E-state index contributed by atoms with van der Waals surface area (Å²) in [5, 5.41) is 24.4. The van der Waals surface area contributed by atoms with E-state index in [9.17, 15) is 14.7 Å². The summed E-state index contributed by atoms with van der Waals surface area (Å²) >= 11 is 0. The number of rotatable bonds is 9. The normalized spacial score (nSPS) is 20.1. The van der Waals surface area contributed by atoms with Gasteiger partial charge in [-0.3, -0.25) is 4.79 Å². The number of aliphatic hydroxyl groups excluding tert-OH is 1. The van der Waals surface area contributed by atoms with Gasteiger partial charge in [-0.15, -0.1) is 0 Å². The average molecular weight is 479 g/mol. The molecule has 7 heteroatoms. The van der Waals surface area contributed by atoms with Crippen LogP contribution in [-0.4, -0.2) is 34.7 Å². The van der Waals surface area contributed by atoms with Crippen molar-refractivity contribution in [2.45, 2.75) is 57.6 Å². The van der Waals surface area contributed by atoms with Crippen molar-refractivity contribution in [2.75, 3.05) is 6.54 Å². The van der Waals surface area contributed by atoms with Gasteiger partial charge in [-0.1, -0.05) is 61.7 Å². The predicted molar refractivity (Wildman–Crippen MR) is 133 cm³/mol. The van der Waals surface area contributed by atoms with E-state index in [0.29, 0.717) is 12.3 Å². The Labute approximate surface area is 205 Å². The lowest BCUT2D eigenvalue weighted by atomic mass is 9.80. The summed E-state index contributed by atoms with van der Waals surface area (Å²) in [6, 6.07) is 12.4.